The molecule has 10 heteroatoms. The molecule has 0 aliphatic rings. The lowest BCUT2D eigenvalue weighted by molar-refractivity contribution is 0.0593. The van der Waals surface area contributed by atoms with Gasteiger partial charge >= 0.3 is 17.3 Å². The summed E-state index contributed by atoms with van der Waals surface area (Å²) in [6.45, 7) is 2.22. The normalized spacial score (nSPS) is 10.6. The molecule has 2 aromatic carbocycles. The van der Waals surface area contributed by atoms with E-state index in [9.17, 15) is 14.4 Å². The monoisotopic (exact) mass is 473 g/mol. The van der Waals surface area contributed by atoms with Gasteiger partial charge in [0.15, 0.2) is 5.69 Å². The molecule has 0 saturated heterocycles. The molecule has 0 radical (unpaired) electrons. The molecule has 0 unspecified atom stereocenters. The number of carbonyl (C=O) groups is 1. The summed E-state index contributed by atoms with van der Waals surface area (Å²) in [6, 6.07) is 19.3. The third-order valence-electron chi connectivity index (χ3n) is 5.17. The van der Waals surface area contributed by atoms with Gasteiger partial charge in [0.2, 0.25) is 11.8 Å². The molecule has 0 fully saturated rings. The maximum Gasteiger partial charge on any atom is 0.356 e. The van der Waals surface area contributed by atoms with Crippen LogP contribution in [0.25, 0.3) is 0 Å². The first kappa shape index (κ1) is 23.4. The van der Waals surface area contributed by atoms with Crippen LogP contribution in [0.1, 0.15) is 21.6 Å². The van der Waals surface area contributed by atoms with Crippen LogP contribution in [0.2, 0.25) is 0 Å². The number of nitrogens with one attached hydrogen (secondary N) is 1. The van der Waals surface area contributed by atoms with Crippen molar-refractivity contribution in [2.45, 2.75) is 13.5 Å². The maximum atomic E-state index is 12.8. The van der Waals surface area contributed by atoms with Gasteiger partial charge in [0.1, 0.15) is 5.75 Å². The van der Waals surface area contributed by atoms with Crippen LogP contribution in [0.4, 0.5) is 11.6 Å². The van der Waals surface area contributed by atoms with Crippen LogP contribution >= 0.6 is 0 Å². The second-order valence-electron chi connectivity index (χ2n) is 7.74. The number of ether oxygens (including phenoxy) is 2. The van der Waals surface area contributed by atoms with Gasteiger partial charge < -0.3 is 14.8 Å². The van der Waals surface area contributed by atoms with E-state index >= 15 is 0 Å². The number of esters is 1. The third-order valence-corrected chi connectivity index (χ3v) is 5.17. The Morgan fingerprint density at radius 3 is 2.37 bits per heavy atom. The Labute approximate surface area is 200 Å². The molecule has 1 N–H and O–H groups in total. The van der Waals surface area contributed by atoms with E-state index < -0.39 is 17.3 Å². The summed E-state index contributed by atoms with van der Waals surface area (Å²) in [5, 5.41) is 3.04. The number of hydrogen-bond donors (Lipinski definition) is 1. The molecule has 35 heavy (non-hydrogen) atoms. The summed E-state index contributed by atoms with van der Waals surface area (Å²) in [5.41, 5.74) is 1.58. The van der Waals surface area contributed by atoms with Crippen molar-refractivity contribution < 1.29 is 14.3 Å². The average Bonchev–Trinajstić information content (AvgIpc) is 2.87. The highest BCUT2D eigenvalue weighted by Crippen LogP contribution is 2.23. The number of aryl methyl sites for hydroxylation is 1. The van der Waals surface area contributed by atoms with Crippen molar-refractivity contribution in [3.05, 3.63) is 105 Å². The number of benzene rings is 2. The highest BCUT2D eigenvalue weighted by atomic mass is 16.5. The first-order chi connectivity index (χ1) is 16.8. The topological polar surface area (TPSA) is 117 Å². The summed E-state index contributed by atoms with van der Waals surface area (Å²) in [5.74, 6) is 0.265. The van der Waals surface area contributed by atoms with Crippen LogP contribution in [-0.2, 0) is 18.3 Å². The smallest absolute Gasteiger partial charge is 0.356 e. The van der Waals surface area contributed by atoms with Gasteiger partial charge in [-0.05, 0) is 42.8 Å². The van der Waals surface area contributed by atoms with Gasteiger partial charge in [0, 0.05) is 18.8 Å². The van der Waals surface area contributed by atoms with Crippen LogP contribution in [0.15, 0.2) is 76.3 Å². The molecule has 2 heterocycles. The van der Waals surface area contributed by atoms with Crippen molar-refractivity contribution in [3.8, 4) is 11.6 Å². The first-order valence-electron chi connectivity index (χ1n) is 10.7. The lowest BCUT2D eigenvalue weighted by Crippen LogP contribution is -2.41. The Kier molecular flexibility index (Phi) is 6.72. The maximum absolute atomic E-state index is 12.8. The summed E-state index contributed by atoms with van der Waals surface area (Å²) in [4.78, 5) is 44.8. The minimum atomic E-state index is -0.658. The standard InChI is InChI=1S/C25H23N5O5/c1-16-7-9-17(10-8-16)15-30-23(28-24(32)29(2)25(30)33)26-18-11-13-19(14-12-18)35-21-6-4-5-20(27-21)22(31)34-3/h4-14H,15H2,1-3H3,(H,26,28,32). The second kappa shape index (κ2) is 10.0. The third kappa shape index (κ3) is 5.44. The fourth-order valence-electron chi connectivity index (χ4n) is 3.24. The Morgan fingerprint density at radius 1 is 0.971 bits per heavy atom. The number of aromatic nitrogens is 4. The molecule has 4 aromatic rings. The average molecular weight is 473 g/mol. The molecule has 0 amide bonds. The Hall–Kier alpha value is -4.73. The molecule has 0 aliphatic carbocycles. The summed E-state index contributed by atoms with van der Waals surface area (Å²) in [7, 11) is 2.67. The minimum Gasteiger partial charge on any atom is -0.464 e. The molecular formula is C25H23N5O5. The van der Waals surface area contributed by atoms with Crippen LogP contribution in [-0.4, -0.2) is 32.2 Å². The lowest BCUT2D eigenvalue weighted by Gasteiger charge is -2.15. The van der Waals surface area contributed by atoms with Crippen molar-refractivity contribution in [2.24, 2.45) is 7.05 Å². The summed E-state index contributed by atoms with van der Waals surface area (Å²) < 4.78 is 12.8. The van der Waals surface area contributed by atoms with Crippen molar-refractivity contribution >= 4 is 17.6 Å². The van der Waals surface area contributed by atoms with E-state index in [0.29, 0.717) is 11.4 Å². The lowest BCUT2D eigenvalue weighted by atomic mass is 10.1. The highest BCUT2D eigenvalue weighted by molar-refractivity contribution is 5.87. The van der Waals surface area contributed by atoms with E-state index in [-0.39, 0.29) is 24.1 Å². The van der Waals surface area contributed by atoms with Crippen LogP contribution in [0, 0.1) is 6.92 Å². The van der Waals surface area contributed by atoms with Gasteiger partial charge in [0.25, 0.3) is 0 Å². The number of hydrogen-bond acceptors (Lipinski definition) is 8. The number of rotatable bonds is 7. The molecule has 0 atom stereocenters. The van der Waals surface area contributed by atoms with Gasteiger partial charge in [-0.15, -0.1) is 0 Å². The Morgan fingerprint density at radius 2 is 1.69 bits per heavy atom. The van der Waals surface area contributed by atoms with E-state index in [4.69, 9.17) is 4.74 Å². The van der Waals surface area contributed by atoms with Crippen molar-refractivity contribution in [3.63, 3.8) is 0 Å². The van der Waals surface area contributed by atoms with Gasteiger partial charge in [-0.3, -0.25) is 4.57 Å². The van der Waals surface area contributed by atoms with Crippen LogP contribution < -0.4 is 21.4 Å². The van der Waals surface area contributed by atoms with E-state index in [1.54, 1.807) is 36.4 Å². The predicted octanol–water partition coefficient (Wildman–Crippen LogP) is 3.02. The largest absolute Gasteiger partial charge is 0.464 e. The van der Waals surface area contributed by atoms with Gasteiger partial charge in [-0.25, -0.2) is 23.9 Å². The van der Waals surface area contributed by atoms with Crippen LogP contribution in [0.5, 0.6) is 11.6 Å². The second-order valence-corrected chi connectivity index (χ2v) is 7.74. The number of pyridine rings is 1. The fourth-order valence-corrected chi connectivity index (χ4v) is 3.24. The molecule has 10 nitrogen and oxygen atoms in total. The zero-order valence-electron chi connectivity index (χ0n) is 19.4. The minimum absolute atomic E-state index is 0.125. The van der Waals surface area contributed by atoms with Crippen LogP contribution in [0.3, 0.4) is 0 Å². The van der Waals surface area contributed by atoms with Gasteiger partial charge in [0.05, 0.1) is 13.7 Å². The van der Waals surface area contributed by atoms with Crippen molar-refractivity contribution in [1.82, 2.24) is 19.1 Å². The molecule has 0 bridgehead atoms. The fraction of sp³-hybridized carbons (Fsp3) is 0.160. The number of methoxy groups -OCH3 is 1. The molecule has 4 rings (SSSR count). The molecule has 2 aromatic heterocycles. The van der Waals surface area contributed by atoms with Crippen molar-refractivity contribution in [1.29, 1.82) is 0 Å². The van der Waals surface area contributed by atoms with E-state index in [1.807, 2.05) is 31.2 Å². The van der Waals surface area contributed by atoms with Gasteiger partial charge in [-0.1, -0.05) is 35.9 Å². The number of anilines is 2. The molecule has 178 valence electrons. The molecule has 0 spiro atoms. The summed E-state index contributed by atoms with van der Waals surface area (Å²) in [6.07, 6.45) is 0. The Bertz CT molecular complexity index is 1470. The Balaban J connectivity index is 1.56. The molecule has 0 saturated carbocycles. The summed E-state index contributed by atoms with van der Waals surface area (Å²) >= 11 is 0. The molecular weight excluding hydrogens is 450 g/mol. The predicted molar refractivity (Wildman–Crippen MR) is 129 cm³/mol. The van der Waals surface area contributed by atoms with E-state index in [2.05, 4.69) is 20.0 Å². The highest BCUT2D eigenvalue weighted by Gasteiger charge is 2.13. The zero-order chi connectivity index (χ0) is 24.9. The van der Waals surface area contributed by atoms with Crippen molar-refractivity contribution in [2.75, 3.05) is 12.4 Å². The number of nitrogens with zero attached hydrogens (tertiary/aromatic N) is 4. The zero-order valence-corrected chi connectivity index (χ0v) is 19.4. The van der Waals surface area contributed by atoms with Gasteiger partial charge in [-0.2, -0.15) is 4.98 Å². The number of carbonyl (C=O) groups excluding carboxylic acids is 1. The SMILES string of the molecule is COC(=O)c1cccc(Oc2ccc(Nc3nc(=O)n(C)c(=O)n3Cc3ccc(C)cc3)cc2)n1. The first-order valence-corrected chi connectivity index (χ1v) is 10.7. The van der Waals surface area contributed by atoms with E-state index in [1.165, 1.54) is 24.8 Å². The quantitative estimate of drug-likeness (QED) is 0.407. The molecule has 0 aliphatic heterocycles. The van der Waals surface area contributed by atoms with E-state index in [0.717, 1.165) is 15.7 Å².